The van der Waals surface area contributed by atoms with Gasteiger partial charge in [-0.2, -0.15) is 18.4 Å². The van der Waals surface area contributed by atoms with Crippen molar-refractivity contribution in [3.05, 3.63) is 35.4 Å². The molecule has 2 fully saturated rings. The van der Waals surface area contributed by atoms with Crippen molar-refractivity contribution in [2.45, 2.75) is 37.5 Å². The summed E-state index contributed by atoms with van der Waals surface area (Å²) in [5, 5.41) is 18.0. The maximum atomic E-state index is 13.1. The Morgan fingerprint density at radius 2 is 1.87 bits per heavy atom. The molecule has 1 aromatic carbocycles. The molecule has 2 unspecified atom stereocenters. The molecule has 2 aliphatic heterocycles. The molecule has 0 bridgehead atoms. The number of benzene rings is 1. The second kappa shape index (κ2) is 8.81. The molecule has 0 saturated carbocycles. The summed E-state index contributed by atoms with van der Waals surface area (Å²) in [5.41, 5.74) is -0.415. The number of ether oxygens (including phenoxy) is 1. The van der Waals surface area contributed by atoms with Gasteiger partial charge in [-0.15, -0.1) is 0 Å². The Bertz CT molecular complexity index is 831. The summed E-state index contributed by atoms with van der Waals surface area (Å²) in [6.45, 7) is 1.02. The second-order valence-electron chi connectivity index (χ2n) is 7.64. The predicted octanol–water partition coefficient (Wildman–Crippen LogP) is 3.91. The van der Waals surface area contributed by atoms with E-state index in [1.165, 1.54) is 11.0 Å². The first-order chi connectivity index (χ1) is 14.2. The van der Waals surface area contributed by atoms with Gasteiger partial charge in [0, 0.05) is 31.5 Å². The van der Waals surface area contributed by atoms with Gasteiger partial charge in [-0.1, -0.05) is 18.2 Å². The van der Waals surface area contributed by atoms with Gasteiger partial charge in [-0.3, -0.25) is 0 Å². The van der Waals surface area contributed by atoms with Gasteiger partial charge in [0.15, 0.2) is 0 Å². The molecule has 0 radical (unpaired) electrons. The lowest BCUT2D eigenvalue weighted by molar-refractivity contribution is -0.137. The molecule has 162 valence electrons. The summed E-state index contributed by atoms with van der Waals surface area (Å²) in [4.78, 5) is 27.0. The topological polar surface area (TPSA) is 93.9 Å². The summed E-state index contributed by atoms with van der Waals surface area (Å²) in [7, 11) is 0. The number of carboxylic acid groups (broad SMARTS) is 1. The second-order valence-corrected chi connectivity index (χ2v) is 7.64. The van der Waals surface area contributed by atoms with Crippen LogP contribution in [0, 0.1) is 17.2 Å². The van der Waals surface area contributed by atoms with Gasteiger partial charge >= 0.3 is 18.4 Å². The number of hydrogen-bond donors (Lipinski definition) is 1. The number of piperidine rings is 2. The third kappa shape index (κ3) is 5.14. The van der Waals surface area contributed by atoms with Crippen LogP contribution in [0.25, 0.3) is 0 Å². The van der Waals surface area contributed by atoms with Gasteiger partial charge in [-0.05, 0) is 30.9 Å². The van der Waals surface area contributed by atoms with Crippen LogP contribution in [0.3, 0.4) is 0 Å². The van der Waals surface area contributed by atoms with Crippen LogP contribution in [0.1, 0.15) is 36.3 Å². The van der Waals surface area contributed by atoms with E-state index in [0.717, 1.165) is 12.1 Å². The van der Waals surface area contributed by atoms with Crippen molar-refractivity contribution >= 4 is 12.2 Å². The third-order valence-corrected chi connectivity index (χ3v) is 5.58. The molecule has 10 heteroatoms. The number of hydrogen-bond acceptors (Lipinski definition) is 4. The quantitative estimate of drug-likeness (QED) is 0.725. The Morgan fingerprint density at radius 3 is 2.47 bits per heavy atom. The van der Waals surface area contributed by atoms with Crippen LogP contribution in [0.4, 0.5) is 22.8 Å². The van der Waals surface area contributed by atoms with Crippen LogP contribution in [-0.2, 0) is 10.9 Å². The number of carbonyl (C=O) groups excluding carboxylic acids is 1. The van der Waals surface area contributed by atoms with Crippen LogP contribution < -0.4 is 0 Å². The number of rotatable bonds is 2. The number of urea groups is 1. The van der Waals surface area contributed by atoms with Crippen molar-refractivity contribution in [1.29, 1.82) is 5.26 Å². The summed E-state index contributed by atoms with van der Waals surface area (Å²) in [5.74, 6) is -0.595. The molecule has 0 aliphatic carbocycles. The lowest BCUT2D eigenvalue weighted by Crippen LogP contribution is -2.53. The lowest BCUT2D eigenvalue weighted by Gasteiger charge is -2.40. The lowest BCUT2D eigenvalue weighted by atomic mass is 9.88. The number of nitrogens with zero attached hydrogens (tertiary/aromatic N) is 3. The maximum Gasteiger partial charge on any atom is 0.506 e. The van der Waals surface area contributed by atoms with Crippen LogP contribution in [0.2, 0.25) is 0 Å². The Labute approximate surface area is 171 Å². The van der Waals surface area contributed by atoms with Gasteiger partial charge in [-0.25, -0.2) is 9.59 Å². The van der Waals surface area contributed by atoms with E-state index in [0.29, 0.717) is 31.5 Å². The van der Waals surface area contributed by atoms with Crippen molar-refractivity contribution in [3.8, 4) is 6.07 Å². The average Bonchev–Trinajstić information content (AvgIpc) is 2.72. The van der Waals surface area contributed by atoms with Gasteiger partial charge in [0.25, 0.3) is 0 Å². The highest BCUT2D eigenvalue weighted by Crippen LogP contribution is 2.34. The van der Waals surface area contributed by atoms with Crippen LogP contribution in [-0.4, -0.2) is 59.4 Å². The number of amides is 2. The fraction of sp³-hybridized carbons (Fsp3) is 0.550. The molecule has 2 amide bonds. The molecule has 1 aromatic rings. The zero-order valence-corrected chi connectivity index (χ0v) is 16.1. The van der Waals surface area contributed by atoms with Crippen molar-refractivity contribution < 1.29 is 32.6 Å². The smallest absolute Gasteiger partial charge is 0.450 e. The number of alkyl halides is 3. The highest BCUT2D eigenvalue weighted by atomic mass is 19.4. The Morgan fingerprint density at radius 1 is 1.17 bits per heavy atom. The molecule has 1 N–H and O–H groups in total. The Hall–Kier alpha value is -2.96. The molecule has 2 atom stereocenters. The molecular weight excluding hydrogens is 403 g/mol. The minimum absolute atomic E-state index is 0.0404. The largest absolute Gasteiger partial charge is 0.506 e. The summed E-state index contributed by atoms with van der Waals surface area (Å²) in [6.07, 6.45) is -5.52. The number of carbonyl (C=O) groups is 2. The van der Waals surface area contributed by atoms with E-state index in [2.05, 4.69) is 6.07 Å². The molecule has 2 saturated heterocycles. The minimum Gasteiger partial charge on any atom is -0.450 e. The van der Waals surface area contributed by atoms with Crippen molar-refractivity contribution in [2.75, 3.05) is 26.2 Å². The SMILES string of the molecule is N#CC1CCN(C(=O)N2CC(OC(=O)O)CC(c3cccc(C(F)(F)F)c3)C2)CC1. The van der Waals surface area contributed by atoms with E-state index in [4.69, 9.17) is 15.1 Å². The Kier molecular flexibility index (Phi) is 6.39. The third-order valence-electron chi connectivity index (χ3n) is 5.58. The van der Waals surface area contributed by atoms with Crippen molar-refractivity contribution in [2.24, 2.45) is 5.92 Å². The molecule has 2 heterocycles. The van der Waals surface area contributed by atoms with Gasteiger partial charge in [0.05, 0.1) is 18.2 Å². The first-order valence-corrected chi connectivity index (χ1v) is 9.67. The molecule has 0 spiro atoms. The monoisotopic (exact) mass is 425 g/mol. The molecule has 7 nitrogen and oxygen atoms in total. The first kappa shape index (κ1) is 21.7. The highest BCUT2D eigenvalue weighted by Gasteiger charge is 2.37. The normalized spacial score (nSPS) is 23.0. The highest BCUT2D eigenvalue weighted by molar-refractivity contribution is 5.75. The van der Waals surface area contributed by atoms with Crippen LogP contribution >= 0.6 is 0 Å². The summed E-state index contributed by atoms with van der Waals surface area (Å²) in [6, 6.07) is 6.73. The van der Waals surface area contributed by atoms with E-state index in [-0.39, 0.29) is 31.5 Å². The molecule has 3 rings (SSSR count). The van der Waals surface area contributed by atoms with Crippen LogP contribution in [0.15, 0.2) is 24.3 Å². The summed E-state index contributed by atoms with van der Waals surface area (Å²) >= 11 is 0. The van der Waals surface area contributed by atoms with E-state index in [1.807, 2.05) is 0 Å². The summed E-state index contributed by atoms with van der Waals surface area (Å²) < 4.78 is 44.2. The van der Waals surface area contributed by atoms with Gasteiger partial charge < -0.3 is 19.6 Å². The molecular formula is C20H22F3N3O4. The predicted molar refractivity (Wildman–Crippen MR) is 98.6 cm³/mol. The maximum absolute atomic E-state index is 13.1. The zero-order chi connectivity index (χ0) is 21.9. The first-order valence-electron chi connectivity index (χ1n) is 9.67. The van der Waals surface area contributed by atoms with Gasteiger partial charge in [0.2, 0.25) is 0 Å². The van der Waals surface area contributed by atoms with Gasteiger partial charge in [0.1, 0.15) is 6.10 Å². The molecule has 0 aromatic heterocycles. The minimum atomic E-state index is -4.50. The van der Waals surface area contributed by atoms with Crippen LogP contribution in [0.5, 0.6) is 0 Å². The van der Waals surface area contributed by atoms with E-state index in [9.17, 15) is 22.8 Å². The fourth-order valence-corrected chi connectivity index (χ4v) is 4.05. The number of likely N-dealkylation sites (tertiary alicyclic amines) is 2. The molecule has 2 aliphatic rings. The fourth-order valence-electron chi connectivity index (χ4n) is 4.05. The number of halogens is 3. The van der Waals surface area contributed by atoms with E-state index < -0.39 is 29.9 Å². The number of nitriles is 1. The Balaban J connectivity index is 1.79. The standard InChI is InChI=1S/C20H22F3N3O4/c21-20(22,23)16-3-1-2-14(8-16)15-9-17(30-19(28)29)12-26(11-15)18(27)25-6-4-13(10-24)5-7-25/h1-3,8,13,15,17H,4-7,9,11-12H2,(H,28,29). The van der Waals surface area contributed by atoms with E-state index >= 15 is 0 Å². The average molecular weight is 425 g/mol. The molecule has 30 heavy (non-hydrogen) atoms. The van der Waals surface area contributed by atoms with Crippen molar-refractivity contribution in [1.82, 2.24) is 9.80 Å². The zero-order valence-electron chi connectivity index (χ0n) is 16.1. The van der Waals surface area contributed by atoms with Crippen molar-refractivity contribution in [3.63, 3.8) is 0 Å². The van der Waals surface area contributed by atoms with E-state index in [1.54, 1.807) is 11.0 Å².